The predicted molar refractivity (Wildman–Crippen MR) is 122 cm³/mol. The summed E-state index contributed by atoms with van der Waals surface area (Å²) in [5.41, 5.74) is 4.15. The number of nitrogens with one attached hydrogen (secondary N) is 1. The quantitative estimate of drug-likeness (QED) is 0.563. The molecule has 1 N–H and O–H groups in total. The van der Waals surface area contributed by atoms with Gasteiger partial charge in [-0.25, -0.2) is 0 Å². The summed E-state index contributed by atoms with van der Waals surface area (Å²) in [7, 11) is 3.97. The molecule has 5 heteroatoms. The highest BCUT2D eigenvalue weighted by atomic mass is 16.5. The second-order valence-corrected chi connectivity index (χ2v) is 7.90. The van der Waals surface area contributed by atoms with Gasteiger partial charge in [0.25, 0.3) is 5.91 Å². The molecule has 0 bridgehead atoms. The predicted octanol–water partition coefficient (Wildman–Crippen LogP) is 5.18. The minimum atomic E-state index is -0.205. The summed E-state index contributed by atoms with van der Waals surface area (Å²) in [6.45, 7) is 4.64. The zero-order chi connectivity index (χ0) is 21.5. The van der Waals surface area contributed by atoms with Crippen molar-refractivity contribution in [1.82, 2.24) is 4.98 Å². The second kappa shape index (κ2) is 9.92. The molecule has 0 atom stereocenters. The molecule has 0 aliphatic rings. The molecule has 1 heterocycles. The van der Waals surface area contributed by atoms with Crippen molar-refractivity contribution in [3.05, 3.63) is 83.7 Å². The molecule has 0 fully saturated rings. The van der Waals surface area contributed by atoms with Crippen molar-refractivity contribution in [3.63, 3.8) is 0 Å². The van der Waals surface area contributed by atoms with E-state index in [0.717, 1.165) is 29.1 Å². The molecular weight excluding hydrogens is 374 g/mol. The first-order chi connectivity index (χ1) is 14.4. The van der Waals surface area contributed by atoms with Crippen molar-refractivity contribution < 1.29 is 9.53 Å². The average Bonchev–Trinajstić information content (AvgIpc) is 2.73. The lowest BCUT2D eigenvalue weighted by atomic mass is 10.0. The Morgan fingerprint density at radius 3 is 2.37 bits per heavy atom. The van der Waals surface area contributed by atoms with Crippen LogP contribution in [0.2, 0.25) is 0 Å². The maximum atomic E-state index is 13.1. The molecule has 0 aliphatic carbocycles. The van der Waals surface area contributed by atoms with Crippen molar-refractivity contribution in [2.24, 2.45) is 5.92 Å². The van der Waals surface area contributed by atoms with Crippen LogP contribution in [0.15, 0.2) is 66.9 Å². The molecule has 3 rings (SSSR count). The van der Waals surface area contributed by atoms with E-state index in [1.807, 2.05) is 73.6 Å². The van der Waals surface area contributed by atoms with Gasteiger partial charge in [-0.2, -0.15) is 0 Å². The Balaban J connectivity index is 1.85. The normalized spacial score (nSPS) is 10.7. The van der Waals surface area contributed by atoms with E-state index in [1.54, 1.807) is 12.3 Å². The highest BCUT2D eigenvalue weighted by Crippen LogP contribution is 2.27. The number of hydrogen-bond acceptors (Lipinski definition) is 4. The molecule has 3 aromatic rings. The van der Waals surface area contributed by atoms with Crippen LogP contribution in [0.5, 0.6) is 5.75 Å². The maximum absolute atomic E-state index is 13.1. The number of carbonyl (C=O) groups is 1. The van der Waals surface area contributed by atoms with Crippen molar-refractivity contribution in [1.29, 1.82) is 0 Å². The average molecular weight is 404 g/mol. The number of pyridine rings is 1. The van der Waals surface area contributed by atoms with Crippen LogP contribution in [-0.4, -0.2) is 25.0 Å². The number of aromatic nitrogens is 1. The van der Waals surface area contributed by atoms with E-state index in [9.17, 15) is 4.79 Å². The summed E-state index contributed by atoms with van der Waals surface area (Å²) in [5, 5.41) is 2.98. The lowest BCUT2D eigenvalue weighted by molar-refractivity contribution is 0.102. The van der Waals surface area contributed by atoms with Gasteiger partial charge < -0.3 is 15.0 Å². The molecule has 156 valence electrons. The Bertz CT molecular complexity index is 967. The lowest BCUT2D eigenvalue weighted by Crippen LogP contribution is -2.16. The zero-order valence-electron chi connectivity index (χ0n) is 18.1. The molecule has 30 heavy (non-hydrogen) atoms. The van der Waals surface area contributed by atoms with Crippen LogP contribution in [0.25, 0.3) is 0 Å². The summed E-state index contributed by atoms with van der Waals surface area (Å²) >= 11 is 0. The SMILES string of the molecule is CC(C)Cc1nccc(C(=O)Nc2ccc(N(C)C)cc2)c1OCc1ccccc1. The first-order valence-corrected chi connectivity index (χ1v) is 10.2. The van der Waals surface area contributed by atoms with E-state index in [-0.39, 0.29) is 5.91 Å². The van der Waals surface area contributed by atoms with Crippen molar-refractivity contribution >= 4 is 17.3 Å². The molecule has 0 saturated carbocycles. The Labute approximate surface area is 178 Å². The first-order valence-electron chi connectivity index (χ1n) is 10.2. The largest absolute Gasteiger partial charge is 0.486 e. The van der Waals surface area contributed by atoms with Crippen LogP contribution in [0.4, 0.5) is 11.4 Å². The van der Waals surface area contributed by atoms with E-state index in [4.69, 9.17) is 4.74 Å². The molecule has 0 unspecified atom stereocenters. The van der Waals surface area contributed by atoms with Gasteiger partial charge in [-0.15, -0.1) is 0 Å². The number of hydrogen-bond donors (Lipinski definition) is 1. The maximum Gasteiger partial charge on any atom is 0.259 e. The molecule has 2 aromatic carbocycles. The van der Waals surface area contributed by atoms with E-state index in [1.165, 1.54) is 0 Å². The Kier molecular flexibility index (Phi) is 7.07. The molecule has 5 nitrogen and oxygen atoms in total. The van der Waals surface area contributed by atoms with Gasteiger partial charge in [-0.3, -0.25) is 9.78 Å². The minimum Gasteiger partial charge on any atom is -0.486 e. The highest BCUT2D eigenvalue weighted by molar-refractivity contribution is 6.06. The van der Waals surface area contributed by atoms with Crippen molar-refractivity contribution in [2.75, 3.05) is 24.3 Å². The van der Waals surface area contributed by atoms with Gasteiger partial charge in [0, 0.05) is 31.7 Å². The second-order valence-electron chi connectivity index (χ2n) is 7.90. The third-order valence-corrected chi connectivity index (χ3v) is 4.69. The standard InChI is InChI=1S/C25H29N3O2/c1-18(2)16-23-24(30-17-19-8-6-5-7-9-19)22(14-15-26-23)25(29)27-20-10-12-21(13-11-20)28(3)4/h5-15,18H,16-17H2,1-4H3,(H,27,29). The van der Waals surface area contributed by atoms with Crippen molar-refractivity contribution in [3.8, 4) is 5.75 Å². The van der Waals surface area contributed by atoms with Gasteiger partial charge in [0.2, 0.25) is 0 Å². The van der Waals surface area contributed by atoms with E-state index in [2.05, 4.69) is 24.1 Å². The van der Waals surface area contributed by atoms with Crippen LogP contribution >= 0.6 is 0 Å². The summed E-state index contributed by atoms with van der Waals surface area (Å²) in [5.74, 6) is 0.744. The minimum absolute atomic E-state index is 0.205. The first kappa shape index (κ1) is 21.4. The number of benzene rings is 2. The van der Waals surface area contributed by atoms with Crippen LogP contribution in [-0.2, 0) is 13.0 Å². The van der Waals surface area contributed by atoms with Gasteiger partial charge in [-0.1, -0.05) is 44.2 Å². The fraction of sp³-hybridized carbons (Fsp3) is 0.280. The number of anilines is 2. The molecule has 0 aliphatic heterocycles. The van der Waals surface area contributed by atoms with Crippen LogP contribution < -0.4 is 15.0 Å². The molecule has 0 radical (unpaired) electrons. The van der Waals surface area contributed by atoms with Crippen LogP contribution in [0.1, 0.15) is 35.5 Å². The zero-order valence-corrected chi connectivity index (χ0v) is 18.1. The van der Waals surface area contributed by atoms with Crippen LogP contribution in [0, 0.1) is 5.92 Å². The van der Waals surface area contributed by atoms with Gasteiger partial charge in [0.15, 0.2) is 5.75 Å². The number of nitrogens with zero attached hydrogens (tertiary/aromatic N) is 2. The fourth-order valence-electron chi connectivity index (χ4n) is 3.13. The van der Waals surface area contributed by atoms with Crippen molar-refractivity contribution in [2.45, 2.75) is 26.9 Å². The smallest absolute Gasteiger partial charge is 0.259 e. The Hall–Kier alpha value is -3.34. The van der Waals surface area contributed by atoms with Gasteiger partial charge in [-0.05, 0) is 48.2 Å². The Morgan fingerprint density at radius 1 is 1.03 bits per heavy atom. The summed E-state index contributed by atoms with van der Waals surface area (Å²) < 4.78 is 6.13. The summed E-state index contributed by atoms with van der Waals surface area (Å²) in [6, 6.07) is 19.4. The Morgan fingerprint density at radius 2 is 1.73 bits per heavy atom. The number of rotatable bonds is 8. The fourth-order valence-corrected chi connectivity index (χ4v) is 3.13. The van der Waals surface area contributed by atoms with Gasteiger partial charge >= 0.3 is 0 Å². The van der Waals surface area contributed by atoms with Gasteiger partial charge in [0.1, 0.15) is 6.61 Å². The topological polar surface area (TPSA) is 54.5 Å². The monoisotopic (exact) mass is 403 g/mol. The third-order valence-electron chi connectivity index (χ3n) is 4.69. The number of carbonyl (C=O) groups excluding carboxylic acids is 1. The molecule has 1 amide bonds. The molecular formula is C25H29N3O2. The van der Waals surface area contributed by atoms with Gasteiger partial charge in [0.05, 0.1) is 11.3 Å². The third kappa shape index (κ3) is 5.60. The molecule has 1 aromatic heterocycles. The molecule has 0 spiro atoms. The number of amides is 1. The number of ether oxygens (including phenoxy) is 1. The lowest BCUT2D eigenvalue weighted by Gasteiger charge is -2.17. The summed E-state index contributed by atoms with van der Waals surface area (Å²) in [6.07, 6.45) is 2.42. The van der Waals surface area contributed by atoms with E-state index >= 15 is 0 Å². The van der Waals surface area contributed by atoms with E-state index in [0.29, 0.717) is 23.8 Å². The van der Waals surface area contributed by atoms with Crippen LogP contribution in [0.3, 0.4) is 0 Å². The summed E-state index contributed by atoms with van der Waals surface area (Å²) in [4.78, 5) is 19.6. The van der Waals surface area contributed by atoms with E-state index < -0.39 is 0 Å². The molecule has 0 saturated heterocycles. The highest BCUT2D eigenvalue weighted by Gasteiger charge is 2.19.